The Hall–Kier alpha value is -0.540. The van der Waals surface area contributed by atoms with Gasteiger partial charge in [-0.1, -0.05) is 0 Å². The first-order chi connectivity index (χ1) is 7.24. The van der Waals surface area contributed by atoms with Gasteiger partial charge in [-0.3, -0.25) is 4.68 Å². The number of nitrogens with zero attached hydrogens (tertiary/aromatic N) is 2. The molecular weight excluding hydrogens is 212 g/mol. The number of aromatic nitrogens is 2. The van der Waals surface area contributed by atoms with Gasteiger partial charge in [-0.05, 0) is 24.8 Å². The molecule has 0 amide bonds. The van der Waals surface area contributed by atoms with E-state index in [2.05, 4.69) is 11.3 Å². The Kier molecular flexibility index (Phi) is 3.32. The molecule has 1 aromatic heterocycles. The van der Waals surface area contributed by atoms with Crippen LogP contribution in [0.15, 0.2) is 12.4 Å². The third kappa shape index (κ3) is 2.52. The van der Waals surface area contributed by atoms with Gasteiger partial charge in [0.05, 0.1) is 12.8 Å². The van der Waals surface area contributed by atoms with Gasteiger partial charge in [0.1, 0.15) is 0 Å². The zero-order chi connectivity index (χ0) is 10.7. The number of aryl methyl sites for hydroxylation is 2. The largest absolute Gasteiger partial charge is 0.381 e. The molecule has 84 valence electrons. The Morgan fingerprint density at radius 3 is 3.07 bits per heavy atom. The summed E-state index contributed by atoms with van der Waals surface area (Å²) in [5.74, 6) is 0.702. The van der Waals surface area contributed by atoms with Gasteiger partial charge >= 0.3 is 0 Å². The average Bonchev–Trinajstić information content (AvgIpc) is 2.85. The molecule has 2 heterocycles. The summed E-state index contributed by atoms with van der Waals surface area (Å²) in [6, 6.07) is 0. The highest BCUT2D eigenvalue weighted by atomic mass is 35.5. The lowest BCUT2D eigenvalue weighted by atomic mass is 9.84. The Labute approximate surface area is 95.4 Å². The van der Waals surface area contributed by atoms with Gasteiger partial charge in [0.25, 0.3) is 0 Å². The molecule has 1 fully saturated rings. The highest BCUT2D eigenvalue weighted by molar-refractivity contribution is 6.18. The van der Waals surface area contributed by atoms with E-state index in [0.29, 0.717) is 5.88 Å². The van der Waals surface area contributed by atoms with Crippen LogP contribution >= 0.6 is 11.6 Å². The molecule has 3 nitrogen and oxygen atoms in total. The van der Waals surface area contributed by atoms with Gasteiger partial charge in [0, 0.05) is 31.1 Å². The second-order valence-corrected chi connectivity index (χ2v) is 4.73. The van der Waals surface area contributed by atoms with E-state index in [1.54, 1.807) is 0 Å². The number of hydrogen-bond donors (Lipinski definition) is 0. The molecule has 0 aromatic carbocycles. The number of rotatable bonds is 4. The third-order valence-electron chi connectivity index (χ3n) is 3.17. The molecule has 4 heteroatoms. The van der Waals surface area contributed by atoms with Gasteiger partial charge < -0.3 is 4.74 Å². The van der Waals surface area contributed by atoms with Crippen LogP contribution in [0.1, 0.15) is 18.4 Å². The first-order valence-electron chi connectivity index (χ1n) is 5.35. The molecule has 0 saturated carbocycles. The minimum atomic E-state index is 0.206. The smallest absolute Gasteiger partial charge is 0.0534 e. The van der Waals surface area contributed by atoms with Crippen molar-refractivity contribution >= 4 is 11.6 Å². The first-order valence-corrected chi connectivity index (χ1v) is 5.89. The predicted octanol–water partition coefficient (Wildman–Crippen LogP) is 2.00. The number of ether oxygens (including phenoxy) is 1. The van der Waals surface area contributed by atoms with Crippen molar-refractivity contribution < 1.29 is 4.74 Å². The average molecular weight is 229 g/mol. The van der Waals surface area contributed by atoms with Crippen LogP contribution in [-0.2, 0) is 18.2 Å². The number of hydrogen-bond acceptors (Lipinski definition) is 2. The fraction of sp³-hybridized carbons (Fsp3) is 0.727. The maximum atomic E-state index is 6.04. The maximum absolute atomic E-state index is 6.04. The lowest BCUT2D eigenvalue weighted by Gasteiger charge is -2.23. The van der Waals surface area contributed by atoms with Gasteiger partial charge in [-0.25, -0.2) is 0 Å². The summed E-state index contributed by atoms with van der Waals surface area (Å²) in [7, 11) is 1.94. The van der Waals surface area contributed by atoms with Crippen molar-refractivity contribution in [2.75, 3.05) is 19.1 Å². The second-order valence-electron chi connectivity index (χ2n) is 4.46. The molecule has 1 saturated heterocycles. The topological polar surface area (TPSA) is 27.1 Å². The van der Waals surface area contributed by atoms with E-state index in [0.717, 1.165) is 32.5 Å². The van der Waals surface area contributed by atoms with Crippen molar-refractivity contribution in [3.05, 3.63) is 18.0 Å². The van der Waals surface area contributed by atoms with Crippen LogP contribution in [0.3, 0.4) is 0 Å². The highest BCUT2D eigenvalue weighted by Crippen LogP contribution is 2.34. The maximum Gasteiger partial charge on any atom is 0.0534 e. The first kappa shape index (κ1) is 11.0. The van der Waals surface area contributed by atoms with E-state index in [9.17, 15) is 0 Å². The van der Waals surface area contributed by atoms with E-state index >= 15 is 0 Å². The Balaban J connectivity index is 1.91. The highest BCUT2D eigenvalue weighted by Gasteiger charge is 2.33. The zero-order valence-corrected chi connectivity index (χ0v) is 9.83. The minimum absolute atomic E-state index is 0.206. The van der Waals surface area contributed by atoms with Crippen LogP contribution in [0, 0.1) is 5.41 Å². The normalized spacial score (nSPS) is 26.0. The molecule has 1 atom stereocenters. The molecule has 0 radical (unpaired) electrons. The Bertz CT molecular complexity index is 318. The monoisotopic (exact) mass is 228 g/mol. The SMILES string of the molecule is Cn1cc(CCC2(CCl)CCOC2)cn1. The van der Waals surface area contributed by atoms with E-state index in [1.807, 2.05) is 17.9 Å². The van der Waals surface area contributed by atoms with Gasteiger partial charge in [-0.2, -0.15) is 5.10 Å². The van der Waals surface area contributed by atoms with E-state index in [4.69, 9.17) is 16.3 Å². The van der Waals surface area contributed by atoms with Crippen LogP contribution in [0.25, 0.3) is 0 Å². The fourth-order valence-corrected chi connectivity index (χ4v) is 2.37. The van der Waals surface area contributed by atoms with Gasteiger partial charge in [0.15, 0.2) is 0 Å². The molecule has 1 unspecified atom stereocenters. The third-order valence-corrected chi connectivity index (χ3v) is 3.74. The van der Waals surface area contributed by atoms with Crippen molar-refractivity contribution in [3.63, 3.8) is 0 Å². The van der Waals surface area contributed by atoms with E-state index < -0.39 is 0 Å². The molecule has 0 bridgehead atoms. The quantitative estimate of drug-likeness (QED) is 0.738. The molecule has 0 N–H and O–H groups in total. The summed E-state index contributed by atoms with van der Waals surface area (Å²) < 4.78 is 7.28. The standard InChI is InChI=1S/C11H17ClN2O/c1-14-7-10(6-13-14)2-3-11(8-12)4-5-15-9-11/h6-7H,2-5,8-9H2,1H3. The van der Waals surface area contributed by atoms with E-state index in [-0.39, 0.29) is 5.41 Å². The van der Waals surface area contributed by atoms with Crippen LogP contribution in [0.5, 0.6) is 0 Å². The molecule has 0 aliphatic carbocycles. The van der Waals surface area contributed by atoms with E-state index in [1.165, 1.54) is 5.56 Å². The fourth-order valence-electron chi connectivity index (χ4n) is 2.03. The molecule has 1 aliphatic rings. The van der Waals surface area contributed by atoms with Crippen LogP contribution < -0.4 is 0 Å². The van der Waals surface area contributed by atoms with Gasteiger partial charge in [-0.15, -0.1) is 11.6 Å². The lowest BCUT2D eigenvalue weighted by Crippen LogP contribution is -2.23. The molecular formula is C11H17ClN2O. The predicted molar refractivity (Wildman–Crippen MR) is 60.1 cm³/mol. The van der Waals surface area contributed by atoms with Crippen molar-refractivity contribution in [1.29, 1.82) is 0 Å². The molecule has 1 aliphatic heterocycles. The van der Waals surface area contributed by atoms with Crippen molar-refractivity contribution in [2.45, 2.75) is 19.3 Å². The zero-order valence-electron chi connectivity index (χ0n) is 9.08. The van der Waals surface area contributed by atoms with Crippen molar-refractivity contribution in [3.8, 4) is 0 Å². The summed E-state index contributed by atoms with van der Waals surface area (Å²) in [4.78, 5) is 0. The number of halogens is 1. The van der Waals surface area contributed by atoms with Crippen LogP contribution in [-0.4, -0.2) is 28.9 Å². The lowest BCUT2D eigenvalue weighted by molar-refractivity contribution is 0.157. The van der Waals surface area contributed by atoms with Crippen LogP contribution in [0.4, 0.5) is 0 Å². The summed E-state index contributed by atoms with van der Waals surface area (Å²) >= 11 is 6.04. The molecule has 0 spiro atoms. The van der Waals surface area contributed by atoms with Gasteiger partial charge in [0.2, 0.25) is 0 Å². The summed E-state index contributed by atoms with van der Waals surface area (Å²) in [5.41, 5.74) is 1.49. The molecule has 2 rings (SSSR count). The summed E-state index contributed by atoms with van der Waals surface area (Å²) in [5, 5.41) is 4.16. The van der Waals surface area contributed by atoms with Crippen molar-refractivity contribution in [1.82, 2.24) is 9.78 Å². The minimum Gasteiger partial charge on any atom is -0.381 e. The van der Waals surface area contributed by atoms with Crippen LogP contribution in [0.2, 0.25) is 0 Å². The Morgan fingerprint density at radius 1 is 1.67 bits per heavy atom. The summed E-state index contributed by atoms with van der Waals surface area (Å²) in [6.07, 6.45) is 7.23. The Morgan fingerprint density at radius 2 is 2.53 bits per heavy atom. The molecule has 1 aromatic rings. The number of alkyl halides is 1. The summed E-state index contributed by atoms with van der Waals surface area (Å²) in [6.45, 7) is 1.68. The molecule has 15 heavy (non-hydrogen) atoms. The van der Waals surface area contributed by atoms with Crippen molar-refractivity contribution in [2.24, 2.45) is 12.5 Å². The second kappa shape index (κ2) is 4.54.